The standard InChI is InChI=1S/C13H22F3N3O3/c14-13(15,16)8-12(18,5-1-2-6-17)11(22)19-7-3-4-9(19)10(20)21/h9H,1-8,17-18H2,(H,20,21)/t9-,12+/m0/s1. The molecule has 22 heavy (non-hydrogen) atoms. The second-order valence-corrected chi connectivity index (χ2v) is 5.69. The Morgan fingerprint density at radius 3 is 2.41 bits per heavy atom. The molecule has 0 spiro atoms. The predicted octanol–water partition coefficient (Wildman–Crippen LogP) is 0.841. The summed E-state index contributed by atoms with van der Waals surface area (Å²) in [5.74, 6) is -2.16. The Balaban J connectivity index is 2.93. The molecule has 0 radical (unpaired) electrons. The fraction of sp³-hybridized carbons (Fsp3) is 0.846. The van der Waals surface area contributed by atoms with Gasteiger partial charge < -0.3 is 21.5 Å². The highest BCUT2D eigenvalue weighted by molar-refractivity contribution is 5.90. The van der Waals surface area contributed by atoms with Gasteiger partial charge in [0.1, 0.15) is 11.6 Å². The summed E-state index contributed by atoms with van der Waals surface area (Å²) in [7, 11) is 0. The minimum Gasteiger partial charge on any atom is -0.480 e. The summed E-state index contributed by atoms with van der Waals surface area (Å²) in [6.45, 7) is 0.404. The van der Waals surface area contributed by atoms with E-state index in [0.29, 0.717) is 12.8 Å². The van der Waals surface area contributed by atoms with Gasteiger partial charge in [0, 0.05) is 6.54 Å². The molecule has 1 aliphatic rings. The maximum Gasteiger partial charge on any atom is 0.391 e. The Hall–Kier alpha value is -1.35. The van der Waals surface area contributed by atoms with Gasteiger partial charge in [0.2, 0.25) is 5.91 Å². The number of hydrogen-bond donors (Lipinski definition) is 3. The number of carbonyl (C=O) groups is 2. The van der Waals surface area contributed by atoms with Gasteiger partial charge in [-0.15, -0.1) is 0 Å². The Morgan fingerprint density at radius 2 is 1.91 bits per heavy atom. The Morgan fingerprint density at radius 1 is 1.27 bits per heavy atom. The van der Waals surface area contributed by atoms with Crippen LogP contribution in [0.25, 0.3) is 0 Å². The van der Waals surface area contributed by atoms with E-state index in [1.807, 2.05) is 0 Å². The van der Waals surface area contributed by atoms with E-state index < -0.39 is 36.1 Å². The molecule has 5 N–H and O–H groups in total. The van der Waals surface area contributed by atoms with Crippen LogP contribution < -0.4 is 11.5 Å². The van der Waals surface area contributed by atoms with Crippen molar-refractivity contribution in [3.05, 3.63) is 0 Å². The van der Waals surface area contributed by atoms with E-state index in [-0.39, 0.29) is 32.4 Å². The first-order valence-corrected chi connectivity index (χ1v) is 7.20. The zero-order valence-electron chi connectivity index (χ0n) is 12.2. The van der Waals surface area contributed by atoms with Gasteiger partial charge in [0.05, 0.1) is 6.42 Å². The van der Waals surface area contributed by atoms with Crippen molar-refractivity contribution in [3.8, 4) is 0 Å². The van der Waals surface area contributed by atoms with Crippen molar-refractivity contribution in [2.45, 2.75) is 56.3 Å². The maximum absolute atomic E-state index is 12.8. The molecule has 0 aliphatic carbocycles. The molecule has 0 bridgehead atoms. The van der Waals surface area contributed by atoms with Crippen molar-refractivity contribution in [1.82, 2.24) is 4.90 Å². The Kier molecular flexibility index (Phi) is 6.18. The quantitative estimate of drug-likeness (QED) is 0.601. The van der Waals surface area contributed by atoms with E-state index in [2.05, 4.69) is 0 Å². The second kappa shape index (κ2) is 7.28. The van der Waals surface area contributed by atoms with Gasteiger partial charge in [-0.25, -0.2) is 4.79 Å². The van der Waals surface area contributed by atoms with Gasteiger partial charge in [-0.1, -0.05) is 0 Å². The number of nitrogens with two attached hydrogens (primary N) is 2. The maximum atomic E-state index is 12.8. The van der Waals surface area contributed by atoms with Gasteiger partial charge >= 0.3 is 12.1 Å². The third kappa shape index (κ3) is 4.84. The number of likely N-dealkylation sites (tertiary alicyclic amines) is 1. The second-order valence-electron chi connectivity index (χ2n) is 5.69. The van der Waals surface area contributed by atoms with Crippen LogP contribution in [0.3, 0.4) is 0 Å². The highest BCUT2D eigenvalue weighted by atomic mass is 19.4. The van der Waals surface area contributed by atoms with Crippen LogP contribution in [0.15, 0.2) is 0 Å². The van der Waals surface area contributed by atoms with Crippen molar-refractivity contribution in [2.75, 3.05) is 13.1 Å². The lowest BCUT2D eigenvalue weighted by molar-refractivity contribution is -0.166. The molecular formula is C13H22F3N3O3. The number of aliphatic carboxylic acids is 1. The zero-order chi connectivity index (χ0) is 17.0. The Labute approximate surface area is 126 Å². The van der Waals surface area contributed by atoms with Gasteiger partial charge in [-0.2, -0.15) is 13.2 Å². The van der Waals surface area contributed by atoms with Crippen molar-refractivity contribution in [3.63, 3.8) is 0 Å². The summed E-state index contributed by atoms with van der Waals surface area (Å²) in [5.41, 5.74) is 8.94. The molecule has 0 unspecified atom stereocenters. The largest absolute Gasteiger partial charge is 0.480 e. The fourth-order valence-corrected chi connectivity index (χ4v) is 2.77. The molecule has 6 nitrogen and oxygen atoms in total. The minimum absolute atomic E-state index is 0.115. The highest BCUT2D eigenvalue weighted by Crippen LogP contribution is 2.32. The third-order valence-electron chi connectivity index (χ3n) is 3.82. The number of nitrogens with zero attached hydrogens (tertiary/aromatic N) is 1. The van der Waals surface area contributed by atoms with Crippen LogP contribution in [-0.2, 0) is 9.59 Å². The van der Waals surface area contributed by atoms with E-state index in [4.69, 9.17) is 16.6 Å². The third-order valence-corrected chi connectivity index (χ3v) is 3.82. The normalized spacial score (nSPS) is 21.7. The highest BCUT2D eigenvalue weighted by Gasteiger charge is 2.49. The molecule has 1 aliphatic heterocycles. The van der Waals surface area contributed by atoms with Crippen LogP contribution >= 0.6 is 0 Å². The van der Waals surface area contributed by atoms with Gasteiger partial charge in [-0.05, 0) is 38.6 Å². The number of alkyl halides is 3. The van der Waals surface area contributed by atoms with Crippen molar-refractivity contribution < 1.29 is 27.9 Å². The number of rotatable bonds is 7. The molecule has 1 saturated heterocycles. The molecule has 128 valence electrons. The van der Waals surface area contributed by atoms with Gasteiger partial charge in [0.15, 0.2) is 0 Å². The molecule has 1 rings (SSSR count). The fourth-order valence-electron chi connectivity index (χ4n) is 2.77. The van der Waals surface area contributed by atoms with Gasteiger partial charge in [0.25, 0.3) is 0 Å². The topological polar surface area (TPSA) is 110 Å². The van der Waals surface area contributed by atoms with Crippen LogP contribution in [0, 0.1) is 0 Å². The summed E-state index contributed by atoms with van der Waals surface area (Å²) < 4.78 is 38.3. The molecule has 0 aromatic heterocycles. The molecule has 0 aromatic rings. The number of carboxylic acid groups (broad SMARTS) is 1. The number of unbranched alkanes of at least 4 members (excludes halogenated alkanes) is 1. The first kappa shape index (κ1) is 18.7. The molecule has 0 aromatic carbocycles. The molecule has 1 fully saturated rings. The SMILES string of the molecule is NCCCC[C@@](N)(CC(F)(F)F)C(=O)N1CCC[C@H]1C(=O)O. The molecule has 0 saturated carbocycles. The van der Waals surface area contributed by atoms with E-state index in [0.717, 1.165) is 4.90 Å². The van der Waals surface area contributed by atoms with Crippen molar-refractivity contribution >= 4 is 11.9 Å². The van der Waals surface area contributed by atoms with Gasteiger partial charge in [-0.3, -0.25) is 4.79 Å². The minimum atomic E-state index is -4.61. The lowest BCUT2D eigenvalue weighted by atomic mass is 9.87. The van der Waals surface area contributed by atoms with E-state index in [9.17, 15) is 22.8 Å². The zero-order valence-corrected chi connectivity index (χ0v) is 12.2. The Bertz CT molecular complexity index is 417. The van der Waals surface area contributed by atoms with Crippen LogP contribution in [0.5, 0.6) is 0 Å². The van der Waals surface area contributed by atoms with Crippen LogP contribution in [0.1, 0.15) is 38.5 Å². The molecular weight excluding hydrogens is 303 g/mol. The molecule has 1 heterocycles. The van der Waals surface area contributed by atoms with Crippen LogP contribution in [0.4, 0.5) is 13.2 Å². The number of amides is 1. The van der Waals surface area contributed by atoms with E-state index >= 15 is 0 Å². The smallest absolute Gasteiger partial charge is 0.391 e. The summed E-state index contributed by atoms with van der Waals surface area (Å²) in [5, 5.41) is 9.07. The summed E-state index contributed by atoms with van der Waals surface area (Å²) in [6, 6.07) is -1.10. The average Bonchev–Trinajstić information content (AvgIpc) is 2.85. The predicted molar refractivity (Wildman–Crippen MR) is 72.9 cm³/mol. The monoisotopic (exact) mass is 325 g/mol. The molecule has 2 atom stereocenters. The summed E-state index contributed by atoms with van der Waals surface area (Å²) in [6.07, 6.45) is -4.85. The van der Waals surface area contributed by atoms with E-state index in [1.165, 1.54) is 0 Å². The summed E-state index contributed by atoms with van der Waals surface area (Å²) >= 11 is 0. The lowest BCUT2D eigenvalue weighted by Gasteiger charge is -2.34. The first-order chi connectivity index (χ1) is 10.1. The average molecular weight is 325 g/mol. The first-order valence-electron chi connectivity index (χ1n) is 7.20. The lowest BCUT2D eigenvalue weighted by Crippen LogP contribution is -2.59. The number of hydrogen-bond acceptors (Lipinski definition) is 4. The van der Waals surface area contributed by atoms with Crippen molar-refractivity contribution in [2.24, 2.45) is 11.5 Å². The molecule has 9 heteroatoms. The van der Waals surface area contributed by atoms with Crippen molar-refractivity contribution in [1.29, 1.82) is 0 Å². The number of halogens is 3. The molecule has 1 amide bonds. The van der Waals surface area contributed by atoms with E-state index in [1.54, 1.807) is 0 Å². The summed E-state index contributed by atoms with van der Waals surface area (Å²) in [4.78, 5) is 24.5. The van der Waals surface area contributed by atoms with Crippen LogP contribution in [0.2, 0.25) is 0 Å². The number of carbonyl (C=O) groups excluding carboxylic acids is 1. The van der Waals surface area contributed by atoms with Crippen LogP contribution in [-0.4, -0.2) is 52.7 Å². The number of carboxylic acids is 1.